The van der Waals surface area contributed by atoms with Crippen molar-refractivity contribution >= 4 is 5.65 Å². The third-order valence-electron chi connectivity index (χ3n) is 6.11. The molecule has 0 aromatic carbocycles. The number of piperidine rings is 1. The Kier molecular flexibility index (Phi) is 6.56. The molecule has 2 aliphatic heterocycles. The van der Waals surface area contributed by atoms with Crippen molar-refractivity contribution in [3.63, 3.8) is 0 Å². The van der Waals surface area contributed by atoms with Crippen molar-refractivity contribution < 1.29 is 13.9 Å². The number of nitrogens with zero attached hydrogens (tertiary/aromatic N) is 5. The highest BCUT2D eigenvalue weighted by molar-refractivity contribution is 5.57. The molecule has 0 aliphatic carbocycles. The molecule has 3 aromatic rings. The first-order valence-corrected chi connectivity index (χ1v) is 11.4. The molecule has 2 fully saturated rings. The number of nitrogens with one attached hydrogen (secondary N) is 1. The van der Waals surface area contributed by atoms with Crippen LogP contribution in [0.2, 0.25) is 0 Å². The second kappa shape index (κ2) is 9.89. The third kappa shape index (κ3) is 5.06. The van der Waals surface area contributed by atoms with E-state index in [1.54, 1.807) is 16.7 Å². The predicted molar refractivity (Wildman–Crippen MR) is 118 cm³/mol. The fourth-order valence-corrected chi connectivity index (χ4v) is 4.38. The Balaban J connectivity index is 1.39. The predicted octanol–water partition coefficient (Wildman–Crippen LogP) is 2.18. The molecule has 0 amide bonds. The standard InChI is InChI=1S/C23H29FN6O2/c24-18-3-4-21-26-15-20(30(21)16-18)23-27-19(12-17-2-1-5-25-14-17)13-22(28-23)32-11-8-29-6-9-31-10-7-29/h3-4,13,15-17,25H,1-2,5-12,14H2/t17-/m0/s1. The first-order chi connectivity index (χ1) is 15.7. The van der Waals surface area contributed by atoms with E-state index in [0.29, 0.717) is 35.6 Å². The van der Waals surface area contributed by atoms with Crippen LogP contribution in [-0.2, 0) is 11.2 Å². The van der Waals surface area contributed by atoms with E-state index in [-0.39, 0.29) is 5.82 Å². The minimum atomic E-state index is -0.330. The van der Waals surface area contributed by atoms with E-state index in [9.17, 15) is 4.39 Å². The molecule has 0 saturated carbocycles. The fourth-order valence-electron chi connectivity index (χ4n) is 4.38. The van der Waals surface area contributed by atoms with Crippen molar-refractivity contribution in [1.82, 2.24) is 29.6 Å². The molecule has 2 aliphatic rings. The number of morpholine rings is 1. The van der Waals surface area contributed by atoms with Gasteiger partial charge < -0.3 is 14.8 Å². The highest BCUT2D eigenvalue weighted by atomic mass is 19.1. The minimum Gasteiger partial charge on any atom is -0.476 e. The van der Waals surface area contributed by atoms with Crippen LogP contribution in [0.1, 0.15) is 18.5 Å². The second-order valence-corrected chi connectivity index (χ2v) is 8.46. The molecule has 1 atom stereocenters. The van der Waals surface area contributed by atoms with Gasteiger partial charge in [-0.2, -0.15) is 4.98 Å². The van der Waals surface area contributed by atoms with E-state index in [1.165, 1.54) is 25.1 Å². The van der Waals surface area contributed by atoms with Crippen LogP contribution in [0, 0.1) is 11.7 Å². The average molecular weight is 441 g/mol. The summed E-state index contributed by atoms with van der Waals surface area (Å²) < 4.78 is 27.0. The lowest BCUT2D eigenvalue weighted by molar-refractivity contribution is 0.0320. The monoisotopic (exact) mass is 440 g/mol. The summed E-state index contributed by atoms with van der Waals surface area (Å²) in [6.45, 7) is 6.82. The van der Waals surface area contributed by atoms with Gasteiger partial charge in [0.2, 0.25) is 5.88 Å². The lowest BCUT2D eigenvalue weighted by Crippen LogP contribution is -2.38. The fraction of sp³-hybridized carbons (Fsp3) is 0.522. The molecule has 5 rings (SSSR count). The largest absolute Gasteiger partial charge is 0.476 e. The van der Waals surface area contributed by atoms with Crippen LogP contribution < -0.4 is 10.1 Å². The molecule has 2 saturated heterocycles. The molecule has 0 unspecified atom stereocenters. The van der Waals surface area contributed by atoms with Gasteiger partial charge in [-0.15, -0.1) is 0 Å². The van der Waals surface area contributed by atoms with Gasteiger partial charge in [0.1, 0.15) is 23.8 Å². The molecule has 9 heteroatoms. The summed E-state index contributed by atoms with van der Waals surface area (Å²) in [7, 11) is 0. The number of pyridine rings is 1. The van der Waals surface area contributed by atoms with E-state index >= 15 is 0 Å². The van der Waals surface area contributed by atoms with Gasteiger partial charge in [-0.05, 0) is 50.4 Å². The molecule has 1 N–H and O–H groups in total. The lowest BCUT2D eigenvalue weighted by Gasteiger charge is -2.26. The summed E-state index contributed by atoms with van der Waals surface area (Å²) in [5, 5.41) is 3.47. The Morgan fingerprint density at radius 1 is 1.22 bits per heavy atom. The third-order valence-corrected chi connectivity index (χ3v) is 6.11. The van der Waals surface area contributed by atoms with E-state index < -0.39 is 0 Å². The molecule has 5 heterocycles. The first kappa shape index (κ1) is 21.2. The Morgan fingerprint density at radius 3 is 2.97 bits per heavy atom. The smallest absolute Gasteiger partial charge is 0.217 e. The van der Waals surface area contributed by atoms with Crippen LogP contribution in [0.15, 0.2) is 30.6 Å². The number of hydrogen-bond acceptors (Lipinski definition) is 7. The number of halogens is 1. The van der Waals surface area contributed by atoms with Crippen LogP contribution >= 0.6 is 0 Å². The number of rotatable bonds is 7. The quantitative estimate of drug-likeness (QED) is 0.604. The second-order valence-electron chi connectivity index (χ2n) is 8.46. The van der Waals surface area contributed by atoms with Gasteiger partial charge in [-0.3, -0.25) is 9.30 Å². The number of fused-ring (bicyclic) bond motifs is 1. The van der Waals surface area contributed by atoms with Gasteiger partial charge in [-0.1, -0.05) is 0 Å². The van der Waals surface area contributed by atoms with Crippen LogP contribution in [0.3, 0.4) is 0 Å². The summed E-state index contributed by atoms with van der Waals surface area (Å²) in [6.07, 6.45) is 6.32. The van der Waals surface area contributed by atoms with E-state index in [4.69, 9.17) is 14.5 Å². The van der Waals surface area contributed by atoms with Crippen LogP contribution in [0.4, 0.5) is 4.39 Å². The molecular formula is C23H29FN6O2. The molecule has 170 valence electrons. The van der Waals surface area contributed by atoms with Crippen LogP contribution in [0.5, 0.6) is 5.88 Å². The normalized spacial score (nSPS) is 20.0. The summed E-state index contributed by atoms with van der Waals surface area (Å²) >= 11 is 0. The molecule has 8 nitrogen and oxygen atoms in total. The average Bonchev–Trinajstić information content (AvgIpc) is 3.23. The molecule has 0 radical (unpaired) electrons. The Bertz CT molecular complexity index is 1050. The summed E-state index contributed by atoms with van der Waals surface area (Å²) in [6, 6.07) is 5.00. The number of aromatic nitrogens is 4. The van der Waals surface area contributed by atoms with Crippen molar-refractivity contribution in [2.24, 2.45) is 5.92 Å². The molecule has 0 spiro atoms. The highest BCUT2D eigenvalue weighted by Gasteiger charge is 2.18. The van der Waals surface area contributed by atoms with Crippen LogP contribution in [0.25, 0.3) is 17.2 Å². The SMILES string of the molecule is Fc1ccc2ncc(-c3nc(C[C@@H]4CCCNC4)cc(OCCN4CCOCC4)n3)n2c1. The van der Waals surface area contributed by atoms with Gasteiger partial charge in [0.15, 0.2) is 5.82 Å². The van der Waals surface area contributed by atoms with Crippen molar-refractivity contribution in [2.75, 3.05) is 52.5 Å². The van der Waals surface area contributed by atoms with Crippen molar-refractivity contribution in [1.29, 1.82) is 0 Å². The van der Waals surface area contributed by atoms with E-state index in [0.717, 1.165) is 58.1 Å². The number of hydrogen-bond donors (Lipinski definition) is 1. The molecule has 3 aromatic heterocycles. The molecular weight excluding hydrogens is 411 g/mol. The Hall–Kier alpha value is -2.62. The number of imidazole rings is 1. The molecule has 0 bridgehead atoms. The van der Waals surface area contributed by atoms with Gasteiger partial charge in [-0.25, -0.2) is 14.4 Å². The maximum atomic E-state index is 13.9. The highest BCUT2D eigenvalue weighted by Crippen LogP contribution is 2.24. The van der Waals surface area contributed by atoms with Gasteiger partial charge in [0.25, 0.3) is 0 Å². The van der Waals surface area contributed by atoms with Crippen LogP contribution in [-0.4, -0.2) is 76.8 Å². The first-order valence-electron chi connectivity index (χ1n) is 11.4. The topological polar surface area (TPSA) is 76.8 Å². The Morgan fingerprint density at radius 2 is 2.12 bits per heavy atom. The van der Waals surface area contributed by atoms with Crippen molar-refractivity contribution in [3.8, 4) is 17.4 Å². The van der Waals surface area contributed by atoms with Crippen molar-refractivity contribution in [3.05, 3.63) is 42.1 Å². The maximum absolute atomic E-state index is 13.9. The van der Waals surface area contributed by atoms with Gasteiger partial charge >= 0.3 is 0 Å². The zero-order valence-corrected chi connectivity index (χ0v) is 18.2. The Labute approximate surface area is 186 Å². The summed E-state index contributed by atoms with van der Waals surface area (Å²) in [5.41, 5.74) is 2.25. The van der Waals surface area contributed by atoms with Gasteiger partial charge in [0, 0.05) is 37.6 Å². The van der Waals surface area contributed by atoms with E-state index in [2.05, 4.69) is 20.2 Å². The van der Waals surface area contributed by atoms with Crippen molar-refractivity contribution in [2.45, 2.75) is 19.3 Å². The summed E-state index contributed by atoms with van der Waals surface area (Å²) in [5.74, 6) is 1.26. The lowest BCUT2D eigenvalue weighted by atomic mass is 9.94. The zero-order chi connectivity index (χ0) is 21.8. The maximum Gasteiger partial charge on any atom is 0.217 e. The summed E-state index contributed by atoms with van der Waals surface area (Å²) in [4.78, 5) is 16.2. The van der Waals surface area contributed by atoms with E-state index in [1.807, 2.05) is 6.07 Å². The van der Waals surface area contributed by atoms with Gasteiger partial charge in [0.05, 0.1) is 19.4 Å². The zero-order valence-electron chi connectivity index (χ0n) is 18.2. The minimum absolute atomic E-state index is 0.330. The number of ether oxygens (including phenoxy) is 2. The molecule has 32 heavy (non-hydrogen) atoms.